The van der Waals surface area contributed by atoms with E-state index in [1.807, 2.05) is 45.9 Å². The lowest BCUT2D eigenvalue weighted by Gasteiger charge is -2.21. The van der Waals surface area contributed by atoms with Gasteiger partial charge in [0.25, 0.3) is 5.91 Å². The molecule has 0 spiro atoms. The van der Waals surface area contributed by atoms with E-state index in [4.69, 9.17) is 9.26 Å². The summed E-state index contributed by atoms with van der Waals surface area (Å²) in [4.78, 5) is 24.9. The molecule has 7 nitrogen and oxygen atoms in total. The van der Waals surface area contributed by atoms with Crippen LogP contribution in [-0.2, 0) is 9.53 Å². The Hall–Kier alpha value is -2.67. The molecule has 0 saturated heterocycles. The Labute approximate surface area is 159 Å². The van der Waals surface area contributed by atoms with E-state index in [0.717, 1.165) is 16.7 Å². The standard InChI is InChI=1S/C20H27N3O4/c1-12(2)18(20(25)21-8-9-26-5)22-19(24)16-11-17(27-23-16)15-10-13(3)6-7-14(15)4/h6-7,10-12,18H,8-9H2,1-5H3,(H,21,25)(H,22,24)/t18-/m0/s1. The highest BCUT2D eigenvalue weighted by molar-refractivity contribution is 5.96. The molecule has 2 amide bonds. The van der Waals surface area contributed by atoms with Crippen molar-refractivity contribution in [1.82, 2.24) is 15.8 Å². The van der Waals surface area contributed by atoms with Gasteiger partial charge in [0, 0.05) is 25.3 Å². The van der Waals surface area contributed by atoms with E-state index in [9.17, 15) is 9.59 Å². The van der Waals surface area contributed by atoms with Gasteiger partial charge in [-0.1, -0.05) is 36.7 Å². The van der Waals surface area contributed by atoms with Crippen LogP contribution in [-0.4, -0.2) is 43.3 Å². The van der Waals surface area contributed by atoms with Gasteiger partial charge in [-0.2, -0.15) is 0 Å². The first-order valence-corrected chi connectivity index (χ1v) is 8.95. The fraction of sp³-hybridized carbons (Fsp3) is 0.450. The van der Waals surface area contributed by atoms with Gasteiger partial charge in [0.05, 0.1) is 6.61 Å². The van der Waals surface area contributed by atoms with E-state index in [1.54, 1.807) is 13.2 Å². The number of rotatable bonds is 8. The fourth-order valence-electron chi connectivity index (χ4n) is 2.65. The van der Waals surface area contributed by atoms with Crippen LogP contribution in [0.4, 0.5) is 0 Å². The van der Waals surface area contributed by atoms with Gasteiger partial charge in [-0.05, 0) is 31.4 Å². The highest BCUT2D eigenvalue weighted by Gasteiger charge is 2.26. The molecule has 2 aromatic rings. The van der Waals surface area contributed by atoms with Crippen LogP contribution in [0.15, 0.2) is 28.8 Å². The topological polar surface area (TPSA) is 93.5 Å². The molecule has 0 saturated carbocycles. The highest BCUT2D eigenvalue weighted by Crippen LogP contribution is 2.25. The monoisotopic (exact) mass is 373 g/mol. The summed E-state index contributed by atoms with van der Waals surface area (Å²) in [7, 11) is 1.56. The second-order valence-corrected chi connectivity index (χ2v) is 6.87. The third-order valence-electron chi connectivity index (χ3n) is 4.24. The van der Waals surface area contributed by atoms with Gasteiger partial charge in [0.2, 0.25) is 5.91 Å². The molecule has 0 fully saturated rings. The molecule has 146 valence electrons. The van der Waals surface area contributed by atoms with Crippen LogP contribution in [0, 0.1) is 19.8 Å². The van der Waals surface area contributed by atoms with Crippen molar-refractivity contribution in [2.24, 2.45) is 5.92 Å². The molecule has 0 bridgehead atoms. The van der Waals surface area contributed by atoms with Crippen molar-refractivity contribution >= 4 is 11.8 Å². The van der Waals surface area contributed by atoms with Crippen LogP contribution in [0.25, 0.3) is 11.3 Å². The Bertz CT molecular complexity index is 798. The largest absolute Gasteiger partial charge is 0.383 e. The Morgan fingerprint density at radius 3 is 2.63 bits per heavy atom. The minimum Gasteiger partial charge on any atom is -0.383 e. The Morgan fingerprint density at radius 1 is 1.22 bits per heavy atom. The van der Waals surface area contributed by atoms with Gasteiger partial charge in [-0.15, -0.1) is 0 Å². The molecule has 0 unspecified atom stereocenters. The van der Waals surface area contributed by atoms with Gasteiger partial charge in [-0.3, -0.25) is 9.59 Å². The molecule has 1 aromatic heterocycles. The van der Waals surface area contributed by atoms with E-state index in [-0.39, 0.29) is 17.5 Å². The zero-order chi connectivity index (χ0) is 20.0. The molecule has 1 atom stereocenters. The van der Waals surface area contributed by atoms with Crippen molar-refractivity contribution in [2.75, 3.05) is 20.3 Å². The van der Waals surface area contributed by atoms with Crippen molar-refractivity contribution in [3.63, 3.8) is 0 Å². The van der Waals surface area contributed by atoms with Crippen LogP contribution in [0.5, 0.6) is 0 Å². The van der Waals surface area contributed by atoms with Crippen LogP contribution >= 0.6 is 0 Å². The Balaban J connectivity index is 2.11. The molecule has 7 heteroatoms. The lowest BCUT2D eigenvalue weighted by Crippen LogP contribution is -2.50. The zero-order valence-electron chi connectivity index (χ0n) is 16.5. The summed E-state index contributed by atoms with van der Waals surface area (Å²) in [5.41, 5.74) is 3.15. The number of ether oxygens (including phenoxy) is 1. The lowest BCUT2D eigenvalue weighted by molar-refractivity contribution is -0.124. The smallest absolute Gasteiger partial charge is 0.274 e. The third kappa shape index (κ3) is 5.40. The minimum absolute atomic E-state index is 0.0816. The molecule has 1 aromatic carbocycles. The third-order valence-corrected chi connectivity index (χ3v) is 4.24. The van der Waals surface area contributed by atoms with E-state index in [0.29, 0.717) is 18.9 Å². The molecule has 0 aliphatic heterocycles. The Kier molecular flexibility index (Phi) is 7.12. The summed E-state index contributed by atoms with van der Waals surface area (Å²) in [6, 6.07) is 6.91. The first-order valence-electron chi connectivity index (χ1n) is 8.95. The second kappa shape index (κ2) is 9.32. The van der Waals surface area contributed by atoms with Gasteiger partial charge >= 0.3 is 0 Å². The molecule has 0 radical (unpaired) electrons. The average molecular weight is 373 g/mol. The summed E-state index contributed by atoms with van der Waals surface area (Å²) in [5, 5.41) is 9.35. The normalized spacial score (nSPS) is 12.1. The number of aromatic nitrogens is 1. The number of hydrogen-bond acceptors (Lipinski definition) is 5. The number of nitrogens with one attached hydrogen (secondary N) is 2. The molecule has 2 N–H and O–H groups in total. The number of nitrogens with zero attached hydrogens (tertiary/aromatic N) is 1. The Morgan fingerprint density at radius 2 is 1.96 bits per heavy atom. The number of benzene rings is 1. The van der Waals surface area contributed by atoms with Crippen molar-refractivity contribution in [1.29, 1.82) is 0 Å². The first-order chi connectivity index (χ1) is 12.8. The number of methoxy groups -OCH3 is 1. The van der Waals surface area contributed by atoms with Crippen LogP contribution < -0.4 is 10.6 Å². The second-order valence-electron chi connectivity index (χ2n) is 6.87. The maximum atomic E-state index is 12.6. The van der Waals surface area contributed by atoms with E-state index in [1.165, 1.54) is 0 Å². The summed E-state index contributed by atoms with van der Waals surface area (Å²) in [5.74, 6) is -0.265. The van der Waals surface area contributed by atoms with Gasteiger partial charge in [0.15, 0.2) is 11.5 Å². The van der Waals surface area contributed by atoms with Gasteiger partial charge < -0.3 is 19.9 Å². The lowest BCUT2D eigenvalue weighted by atomic mass is 10.0. The summed E-state index contributed by atoms with van der Waals surface area (Å²) in [6.07, 6.45) is 0. The van der Waals surface area contributed by atoms with Gasteiger partial charge in [0.1, 0.15) is 6.04 Å². The van der Waals surface area contributed by atoms with Crippen LogP contribution in [0.2, 0.25) is 0 Å². The maximum absolute atomic E-state index is 12.6. The van der Waals surface area contributed by atoms with E-state index < -0.39 is 11.9 Å². The summed E-state index contributed by atoms with van der Waals surface area (Å²) in [6.45, 7) is 8.48. The molecular weight excluding hydrogens is 346 g/mol. The number of amides is 2. The van der Waals surface area contributed by atoms with Crippen LogP contribution in [0.1, 0.15) is 35.5 Å². The molecule has 0 aliphatic carbocycles. The van der Waals surface area contributed by atoms with Gasteiger partial charge in [-0.25, -0.2) is 0 Å². The van der Waals surface area contributed by atoms with Crippen LogP contribution in [0.3, 0.4) is 0 Å². The SMILES string of the molecule is COCCNC(=O)[C@@H](NC(=O)c1cc(-c2cc(C)ccc2C)on1)C(C)C. The number of aryl methyl sites for hydroxylation is 2. The highest BCUT2D eigenvalue weighted by atomic mass is 16.5. The van der Waals surface area contributed by atoms with Crippen molar-refractivity contribution in [3.05, 3.63) is 41.1 Å². The van der Waals surface area contributed by atoms with E-state index >= 15 is 0 Å². The molecule has 27 heavy (non-hydrogen) atoms. The minimum atomic E-state index is -0.671. The van der Waals surface area contributed by atoms with E-state index in [2.05, 4.69) is 15.8 Å². The fourth-order valence-corrected chi connectivity index (χ4v) is 2.65. The van der Waals surface area contributed by atoms with Crippen molar-refractivity contribution < 1.29 is 18.8 Å². The predicted octanol–water partition coefficient (Wildman–Crippen LogP) is 2.48. The number of carbonyl (C=O) groups is 2. The van der Waals surface area contributed by atoms with Crippen molar-refractivity contribution in [3.8, 4) is 11.3 Å². The molecule has 2 rings (SSSR count). The predicted molar refractivity (Wildman–Crippen MR) is 102 cm³/mol. The summed E-state index contributed by atoms with van der Waals surface area (Å²) >= 11 is 0. The first kappa shape index (κ1) is 20.6. The quantitative estimate of drug-likeness (QED) is 0.694. The molecule has 0 aliphatic rings. The number of hydrogen-bond donors (Lipinski definition) is 2. The van der Waals surface area contributed by atoms with Crippen molar-refractivity contribution in [2.45, 2.75) is 33.7 Å². The molecular formula is C20H27N3O4. The molecule has 1 heterocycles. The maximum Gasteiger partial charge on any atom is 0.274 e. The zero-order valence-corrected chi connectivity index (χ0v) is 16.5. The average Bonchev–Trinajstić information content (AvgIpc) is 3.11. The summed E-state index contributed by atoms with van der Waals surface area (Å²) < 4.78 is 10.3. The number of carbonyl (C=O) groups excluding carboxylic acids is 2.